The Morgan fingerprint density at radius 1 is 1.32 bits per heavy atom. The third-order valence-corrected chi connectivity index (χ3v) is 3.89. The summed E-state index contributed by atoms with van der Waals surface area (Å²) in [5.74, 6) is 1.30. The first-order valence-corrected chi connectivity index (χ1v) is 7.58. The van der Waals surface area contributed by atoms with E-state index in [0.29, 0.717) is 37.0 Å². The first-order valence-electron chi connectivity index (χ1n) is 7.58. The maximum Gasteiger partial charge on any atom is 0.227 e. The van der Waals surface area contributed by atoms with Gasteiger partial charge in [0.25, 0.3) is 0 Å². The van der Waals surface area contributed by atoms with E-state index in [1.54, 1.807) is 0 Å². The first-order chi connectivity index (χ1) is 10.5. The lowest BCUT2D eigenvalue weighted by atomic mass is 10.0. The molecule has 0 amide bonds. The molecule has 2 aromatic rings. The van der Waals surface area contributed by atoms with Crippen molar-refractivity contribution in [1.82, 2.24) is 15.5 Å². The number of hydrogen-bond donors (Lipinski definition) is 1. The van der Waals surface area contributed by atoms with Crippen LogP contribution in [-0.2, 0) is 12.8 Å². The van der Waals surface area contributed by atoms with Gasteiger partial charge in [-0.05, 0) is 45.0 Å². The minimum absolute atomic E-state index is 0.103. The lowest BCUT2D eigenvalue weighted by Gasteiger charge is -2.04. The Bertz CT molecular complexity index is 649. The second kappa shape index (κ2) is 7.31. The zero-order chi connectivity index (χ0) is 16.1. The molecule has 0 radical (unpaired) electrons. The van der Waals surface area contributed by atoms with Crippen LogP contribution in [0.3, 0.4) is 0 Å². The van der Waals surface area contributed by atoms with E-state index in [9.17, 15) is 4.79 Å². The molecule has 1 N–H and O–H groups in total. The zero-order valence-electron chi connectivity index (χ0n) is 13.6. The van der Waals surface area contributed by atoms with E-state index >= 15 is 0 Å². The predicted molar refractivity (Wildman–Crippen MR) is 85.1 cm³/mol. The molecule has 1 aromatic carbocycles. The SMILES string of the molecule is CNC(C)Cc1noc(CCC(=O)c2ccc(C)c(C)c2)n1. The Morgan fingerprint density at radius 2 is 2.09 bits per heavy atom. The third kappa shape index (κ3) is 4.24. The molecule has 1 unspecified atom stereocenters. The van der Waals surface area contributed by atoms with Gasteiger partial charge in [0.2, 0.25) is 5.89 Å². The Hall–Kier alpha value is -2.01. The standard InChI is InChI=1S/C17H23N3O2/c1-11-5-6-14(9-12(11)2)15(21)7-8-17-19-16(20-22-17)10-13(3)18-4/h5-6,9,13,18H,7-8,10H2,1-4H3. The summed E-state index contributed by atoms with van der Waals surface area (Å²) < 4.78 is 5.20. The highest BCUT2D eigenvalue weighted by Crippen LogP contribution is 2.13. The Balaban J connectivity index is 1.92. The van der Waals surface area contributed by atoms with E-state index in [-0.39, 0.29) is 5.78 Å². The molecule has 2 rings (SSSR count). The molecule has 0 saturated heterocycles. The third-order valence-electron chi connectivity index (χ3n) is 3.89. The number of nitrogens with one attached hydrogen (secondary N) is 1. The average molecular weight is 301 g/mol. The smallest absolute Gasteiger partial charge is 0.227 e. The molecule has 5 nitrogen and oxygen atoms in total. The number of aromatic nitrogens is 2. The van der Waals surface area contributed by atoms with Crippen molar-refractivity contribution in [2.24, 2.45) is 0 Å². The van der Waals surface area contributed by atoms with Gasteiger partial charge in [-0.25, -0.2) is 0 Å². The molecule has 0 aliphatic heterocycles. The summed E-state index contributed by atoms with van der Waals surface area (Å²) >= 11 is 0. The molecule has 0 aliphatic carbocycles. The molecule has 1 heterocycles. The average Bonchev–Trinajstić information content (AvgIpc) is 2.95. The largest absolute Gasteiger partial charge is 0.339 e. The van der Waals surface area contributed by atoms with Crippen LogP contribution in [0.5, 0.6) is 0 Å². The lowest BCUT2D eigenvalue weighted by molar-refractivity contribution is 0.0979. The molecular formula is C17H23N3O2. The summed E-state index contributed by atoms with van der Waals surface area (Å²) in [4.78, 5) is 16.5. The molecule has 0 spiro atoms. The number of rotatable bonds is 7. The monoisotopic (exact) mass is 301 g/mol. The van der Waals surface area contributed by atoms with Crippen molar-refractivity contribution >= 4 is 5.78 Å². The number of nitrogens with zero attached hydrogens (tertiary/aromatic N) is 2. The number of benzene rings is 1. The first kappa shape index (κ1) is 16.4. The minimum Gasteiger partial charge on any atom is -0.339 e. The van der Waals surface area contributed by atoms with E-state index in [2.05, 4.69) is 22.4 Å². The van der Waals surface area contributed by atoms with Crippen molar-refractivity contribution in [2.75, 3.05) is 7.05 Å². The van der Waals surface area contributed by atoms with Gasteiger partial charge in [-0.2, -0.15) is 4.98 Å². The molecule has 5 heteroatoms. The van der Waals surface area contributed by atoms with Crippen LogP contribution in [0.2, 0.25) is 0 Å². The van der Waals surface area contributed by atoms with Gasteiger partial charge in [-0.1, -0.05) is 17.3 Å². The van der Waals surface area contributed by atoms with Crippen molar-refractivity contribution in [3.63, 3.8) is 0 Å². The molecule has 1 atom stereocenters. The van der Waals surface area contributed by atoms with Crippen LogP contribution < -0.4 is 5.32 Å². The number of hydrogen-bond acceptors (Lipinski definition) is 5. The van der Waals surface area contributed by atoms with Gasteiger partial charge < -0.3 is 9.84 Å². The van der Waals surface area contributed by atoms with E-state index in [1.165, 1.54) is 5.56 Å². The number of carbonyl (C=O) groups is 1. The minimum atomic E-state index is 0.103. The van der Waals surface area contributed by atoms with Crippen LogP contribution in [0, 0.1) is 13.8 Å². The maximum absolute atomic E-state index is 12.2. The molecular weight excluding hydrogens is 278 g/mol. The molecule has 1 aromatic heterocycles. The number of carbonyl (C=O) groups excluding carboxylic acids is 1. The maximum atomic E-state index is 12.2. The fourth-order valence-electron chi connectivity index (χ4n) is 2.13. The Kier molecular flexibility index (Phi) is 5.44. The molecule has 0 fully saturated rings. The molecule has 118 valence electrons. The highest BCUT2D eigenvalue weighted by atomic mass is 16.5. The summed E-state index contributed by atoms with van der Waals surface area (Å²) in [5, 5.41) is 7.07. The van der Waals surface area contributed by atoms with Gasteiger partial charge in [0.15, 0.2) is 11.6 Å². The van der Waals surface area contributed by atoms with Crippen LogP contribution in [0.1, 0.15) is 46.5 Å². The second-order valence-electron chi connectivity index (χ2n) is 5.72. The van der Waals surface area contributed by atoms with Crippen molar-refractivity contribution < 1.29 is 9.32 Å². The zero-order valence-corrected chi connectivity index (χ0v) is 13.6. The highest BCUT2D eigenvalue weighted by Gasteiger charge is 2.12. The summed E-state index contributed by atoms with van der Waals surface area (Å²) in [6, 6.07) is 6.08. The molecule has 22 heavy (non-hydrogen) atoms. The summed E-state index contributed by atoms with van der Waals surface area (Å²) in [7, 11) is 1.90. The van der Waals surface area contributed by atoms with Crippen LogP contribution in [-0.4, -0.2) is 29.0 Å². The fourth-order valence-corrected chi connectivity index (χ4v) is 2.13. The van der Waals surface area contributed by atoms with Gasteiger partial charge in [0.05, 0.1) is 0 Å². The van der Waals surface area contributed by atoms with Crippen molar-refractivity contribution in [3.05, 3.63) is 46.6 Å². The Labute approximate surface area is 131 Å². The number of ketones is 1. The van der Waals surface area contributed by atoms with Gasteiger partial charge in [0.1, 0.15) is 0 Å². The fraction of sp³-hybridized carbons (Fsp3) is 0.471. The van der Waals surface area contributed by atoms with Crippen LogP contribution >= 0.6 is 0 Å². The summed E-state index contributed by atoms with van der Waals surface area (Å²) in [6.07, 6.45) is 1.57. The van der Waals surface area contributed by atoms with Crippen molar-refractivity contribution in [1.29, 1.82) is 0 Å². The number of likely N-dealkylation sites (N-methyl/N-ethyl adjacent to an activating group) is 1. The normalized spacial score (nSPS) is 12.4. The quantitative estimate of drug-likeness (QED) is 0.796. The summed E-state index contributed by atoms with van der Waals surface area (Å²) in [6.45, 7) is 6.11. The second-order valence-corrected chi connectivity index (χ2v) is 5.72. The van der Waals surface area contributed by atoms with Crippen molar-refractivity contribution in [2.45, 2.75) is 46.1 Å². The van der Waals surface area contributed by atoms with E-state index in [1.807, 2.05) is 39.1 Å². The highest BCUT2D eigenvalue weighted by molar-refractivity contribution is 5.96. The Morgan fingerprint density at radius 3 is 2.77 bits per heavy atom. The van der Waals surface area contributed by atoms with Crippen LogP contribution in [0.25, 0.3) is 0 Å². The number of aryl methyl sites for hydroxylation is 3. The van der Waals surface area contributed by atoms with Crippen molar-refractivity contribution in [3.8, 4) is 0 Å². The van der Waals surface area contributed by atoms with Crippen LogP contribution in [0.15, 0.2) is 22.7 Å². The topological polar surface area (TPSA) is 68.0 Å². The number of Topliss-reactive ketones (excluding diaryl/α,β-unsaturated/α-hetero) is 1. The van der Waals surface area contributed by atoms with Crippen LogP contribution in [0.4, 0.5) is 0 Å². The molecule has 0 bridgehead atoms. The van der Waals surface area contributed by atoms with Gasteiger partial charge in [-0.15, -0.1) is 0 Å². The van der Waals surface area contributed by atoms with Gasteiger partial charge in [-0.3, -0.25) is 4.79 Å². The lowest BCUT2D eigenvalue weighted by Crippen LogP contribution is -2.24. The van der Waals surface area contributed by atoms with Gasteiger partial charge >= 0.3 is 0 Å². The molecule has 0 aliphatic rings. The molecule has 0 saturated carbocycles. The van der Waals surface area contributed by atoms with E-state index in [0.717, 1.165) is 11.1 Å². The predicted octanol–water partition coefficient (Wildman–Crippen LogP) is 2.65. The van der Waals surface area contributed by atoms with E-state index in [4.69, 9.17) is 4.52 Å². The summed E-state index contributed by atoms with van der Waals surface area (Å²) in [5.41, 5.74) is 3.07. The van der Waals surface area contributed by atoms with Gasteiger partial charge in [0, 0.05) is 30.9 Å². The van der Waals surface area contributed by atoms with E-state index < -0.39 is 0 Å².